The molecule has 3 aromatic carbocycles. The van der Waals surface area contributed by atoms with Crippen LogP contribution in [0.2, 0.25) is 5.04 Å². The summed E-state index contributed by atoms with van der Waals surface area (Å²) < 4.78 is 39.2. The first-order valence-corrected chi connectivity index (χ1v) is 15.9. The predicted octanol–water partition coefficient (Wildman–Crippen LogP) is 4.12. The van der Waals surface area contributed by atoms with E-state index in [4.69, 9.17) is 9.16 Å². The minimum absolute atomic E-state index is 0.155. The van der Waals surface area contributed by atoms with Crippen molar-refractivity contribution in [3.8, 4) is 5.75 Å². The lowest BCUT2D eigenvalue weighted by atomic mass is 10.2. The first kappa shape index (κ1) is 28.5. The molecule has 3 aromatic rings. The highest BCUT2D eigenvalue weighted by Crippen LogP contribution is 2.36. The minimum atomic E-state index is -3.50. The summed E-state index contributed by atoms with van der Waals surface area (Å²) in [5.74, 6) is 0.0617. The molecule has 0 aromatic heterocycles. The zero-order chi connectivity index (χ0) is 27.1. The molecule has 0 amide bonds. The van der Waals surface area contributed by atoms with Crippen LogP contribution < -0.4 is 19.8 Å². The maximum Gasteiger partial charge on any atom is 0.308 e. The van der Waals surface area contributed by atoms with Gasteiger partial charge in [-0.15, -0.1) is 0 Å². The number of hydrogen-bond donors (Lipinski definition) is 1. The largest absolute Gasteiger partial charge is 0.427 e. The zero-order valence-electron chi connectivity index (χ0n) is 22.0. The number of carbonyl (C=O) groups excluding carboxylic acids is 1. The summed E-state index contributed by atoms with van der Waals surface area (Å²) in [4.78, 5) is 11.2. The summed E-state index contributed by atoms with van der Waals surface area (Å²) in [7, 11) is -6.34. The van der Waals surface area contributed by atoms with Crippen molar-refractivity contribution in [3.63, 3.8) is 0 Å². The van der Waals surface area contributed by atoms with E-state index in [1.165, 1.54) is 6.92 Å². The molecule has 0 saturated carbocycles. The van der Waals surface area contributed by atoms with Crippen molar-refractivity contribution in [3.05, 3.63) is 96.6 Å². The highest BCUT2D eigenvalue weighted by molar-refractivity contribution is 7.88. The molecule has 0 radical (unpaired) electrons. The molecule has 3 rings (SSSR count). The fourth-order valence-corrected chi connectivity index (χ4v) is 9.70. The average Bonchev–Trinajstić information content (AvgIpc) is 2.83. The topological polar surface area (TPSA) is 81.7 Å². The number of carbonyl (C=O) groups is 1. The van der Waals surface area contributed by atoms with Crippen molar-refractivity contribution in [1.82, 2.24) is 4.72 Å². The molecule has 1 N–H and O–H groups in total. The van der Waals surface area contributed by atoms with Crippen molar-refractivity contribution < 1.29 is 22.4 Å². The lowest BCUT2D eigenvalue weighted by Gasteiger charge is -2.43. The van der Waals surface area contributed by atoms with Gasteiger partial charge in [0.15, 0.2) is 0 Å². The quantitative estimate of drug-likeness (QED) is 0.239. The molecule has 0 aliphatic heterocycles. The van der Waals surface area contributed by atoms with Gasteiger partial charge >= 0.3 is 5.97 Å². The van der Waals surface area contributed by atoms with Crippen LogP contribution in [0.4, 0.5) is 0 Å². The summed E-state index contributed by atoms with van der Waals surface area (Å²) >= 11 is 0. The van der Waals surface area contributed by atoms with E-state index in [9.17, 15) is 13.2 Å². The van der Waals surface area contributed by atoms with E-state index < -0.39 is 24.4 Å². The van der Waals surface area contributed by atoms with E-state index in [2.05, 4.69) is 49.8 Å². The zero-order valence-corrected chi connectivity index (χ0v) is 23.8. The van der Waals surface area contributed by atoms with Gasteiger partial charge in [0, 0.05) is 6.92 Å². The van der Waals surface area contributed by atoms with Gasteiger partial charge < -0.3 is 9.16 Å². The molecule has 6 nitrogen and oxygen atoms in total. The molecule has 196 valence electrons. The summed E-state index contributed by atoms with van der Waals surface area (Å²) in [6.07, 6.45) is 4.76. The van der Waals surface area contributed by atoms with Crippen molar-refractivity contribution >= 4 is 40.8 Å². The Morgan fingerprint density at radius 1 is 0.919 bits per heavy atom. The second-order valence-electron chi connectivity index (χ2n) is 9.99. The Morgan fingerprint density at radius 3 is 1.86 bits per heavy atom. The Labute approximate surface area is 221 Å². The van der Waals surface area contributed by atoms with E-state index in [0.717, 1.165) is 22.2 Å². The van der Waals surface area contributed by atoms with Gasteiger partial charge in [-0.05, 0) is 33.1 Å². The van der Waals surface area contributed by atoms with Crippen LogP contribution in [0.15, 0.2) is 91.0 Å². The van der Waals surface area contributed by atoms with Gasteiger partial charge in [0.2, 0.25) is 10.0 Å². The molecule has 0 fully saturated rings. The molecule has 0 heterocycles. The van der Waals surface area contributed by atoms with Crippen LogP contribution in [0.25, 0.3) is 6.08 Å². The molecule has 1 atom stereocenters. The number of ether oxygens (including phenoxy) is 1. The Kier molecular flexibility index (Phi) is 9.25. The van der Waals surface area contributed by atoms with Gasteiger partial charge in [-0.3, -0.25) is 4.79 Å². The van der Waals surface area contributed by atoms with Crippen LogP contribution in [0, 0.1) is 0 Å². The van der Waals surface area contributed by atoms with Crippen LogP contribution in [-0.2, 0) is 19.2 Å². The maximum absolute atomic E-state index is 12.2. The second kappa shape index (κ2) is 12.0. The van der Waals surface area contributed by atoms with Crippen LogP contribution in [0.3, 0.4) is 0 Å². The van der Waals surface area contributed by atoms with Gasteiger partial charge in [-0.1, -0.05) is 106 Å². The standard InChI is InChI=1S/C29H35NO5SSi/c1-23(31)35-26-20-17-24(18-21-26)16-19-25(30-36(5,32)33)22-34-37(29(2,3)4,27-12-8-6-9-13-27)28-14-10-7-11-15-28/h6-21,25,30H,22H2,1-5H3/b19-16+/t25-/m0/s1. The van der Waals surface area contributed by atoms with Crippen molar-refractivity contribution in [2.24, 2.45) is 0 Å². The van der Waals surface area contributed by atoms with E-state index >= 15 is 0 Å². The van der Waals surface area contributed by atoms with E-state index in [1.54, 1.807) is 30.3 Å². The van der Waals surface area contributed by atoms with Crippen LogP contribution in [0.1, 0.15) is 33.3 Å². The van der Waals surface area contributed by atoms with Crippen LogP contribution in [-0.4, -0.2) is 41.6 Å². The molecule has 8 heteroatoms. The van der Waals surface area contributed by atoms with Crippen LogP contribution in [0.5, 0.6) is 5.75 Å². The van der Waals surface area contributed by atoms with E-state index in [-0.39, 0.29) is 17.6 Å². The third kappa shape index (κ3) is 7.72. The fourth-order valence-electron chi connectivity index (χ4n) is 4.42. The molecule has 0 saturated heterocycles. The Morgan fingerprint density at radius 2 is 1.43 bits per heavy atom. The summed E-state index contributed by atoms with van der Waals surface area (Å²) in [6.45, 7) is 8.04. The SMILES string of the molecule is CC(=O)Oc1ccc(/C=C/[C@@H](CO[Si](c2ccccc2)(c2ccccc2)C(C)(C)C)NS(C)(=O)=O)cc1. The van der Waals surface area contributed by atoms with Gasteiger partial charge in [0.1, 0.15) is 5.75 Å². The fraction of sp³-hybridized carbons (Fsp3) is 0.276. The molecule has 0 aliphatic carbocycles. The van der Waals surface area contributed by atoms with Gasteiger partial charge in [0.25, 0.3) is 8.32 Å². The lowest BCUT2D eigenvalue weighted by molar-refractivity contribution is -0.131. The van der Waals surface area contributed by atoms with Gasteiger partial charge in [-0.2, -0.15) is 0 Å². The normalized spacial score (nSPS) is 13.4. The summed E-state index contributed by atoms with van der Waals surface area (Å²) in [5, 5.41) is 2.01. The predicted molar refractivity (Wildman–Crippen MR) is 152 cm³/mol. The highest BCUT2D eigenvalue weighted by atomic mass is 32.2. The molecule has 0 spiro atoms. The number of benzene rings is 3. The Balaban J connectivity index is 1.96. The second-order valence-corrected chi connectivity index (χ2v) is 16.1. The van der Waals surface area contributed by atoms with E-state index in [0.29, 0.717) is 5.75 Å². The van der Waals surface area contributed by atoms with E-state index in [1.807, 2.05) is 42.5 Å². The molecule has 0 aliphatic rings. The molecule has 0 unspecified atom stereocenters. The molecule has 0 bridgehead atoms. The number of nitrogens with one attached hydrogen (secondary N) is 1. The molecular weight excluding hydrogens is 502 g/mol. The van der Waals surface area contributed by atoms with Crippen molar-refractivity contribution in [2.75, 3.05) is 12.9 Å². The number of rotatable bonds is 10. The summed E-state index contributed by atoms with van der Waals surface area (Å²) in [5.41, 5.74) is 0.835. The number of hydrogen-bond acceptors (Lipinski definition) is 5. The Hall–Kier alpha value is -3.04. The number of esters is 1. The average molecular weight is 538 g/mol. The number of sulfonamides is 1. The van der Waals surface area contributed by atoms with Gasteiger partial charge in [-0.25, -0.2) is 13.1 Å². The third-order valence-electron chi connectivity index (χ3n) is 5.92. The monoisotopic (exact) mass is 537 g/mol. The molecular formula is C29H35NO5SSi. The van der Waals surface area contributed by atoms with Crippen molar-refractivity contribution in [1.29, 1.82) is 0 Å². The third-order valence-corrected chi connectivity index (χ3v) is 11.7. The summed E-state index contributed by atoms with van der Waals surface area (Å²) in [6, 6.07) is 26.8. The first-order chi connectivity index (χ1) is 17.4. The highest BCUT2D eigenvalue weighted by Gasteiger charge is 2.50. The smallest absolute Gasteiger partial charge is 0.308 e. The maximum atomic E-state index is 12.2. The first-order valence-electron chi connectivity index (χ1n) is 12.1. The van der Waals surface area contributed by atoms with Crippen LogP contribution >= 0.6 is 0 Å². The Bertz CT molecular complexity index is 1260. The van der Waals surface area contributed by atoms with Crippen molar-refractivity contribution in [2.45, 2.75) is 38.8 Å². The minimum Gasteiger partial charge on any atom is -0.427 e. The van der Waals surface area contributed by atoms with Gasteiger partial charge in [0.05, 0.1) is 18.9 Å². The molecule has 37 heavy (non-hydrogen) atoms. The lowest BCUT2D eigenvalue weighted by Crippen LogP contribution is -2.67.